The minimum atomic E-state index is -3.75. The summed E-state index contributed by atoms with van der Waals surface area (Å²) in [5.74, 6) is 0. The predicted molar refractivity (Wildman–Crippen MR) is 79.2 cm³/mol. The van der Waals surface area contributed by atoms with Gasteiger partial charge in [-0.05, 0) is 46.3 Å². The van der Waals surface area contributed by atoms with Crippen LogP contribution in [0.2, 0.25) is 0 Å². The molecule has 0 aliphatic carbocycles. The number of benzene rings is 1. The summed E-state index contributed by atoms with van der Waals surface area (Å²) in [5, 5.41) is 9.09. The minimum absolute atomic E-state index is 0.124. The molecular weight excluding hydrogens is 346 g/mol. The molecule has 96 valence electrons. The fraction of sp³-hybridized carbons (Fsp3) is 0. The highest BCUT2D eigenvalue weighted by atomic mass is 79.9. The standard InChI is InChI=1S/C13H8BrNO2S2/c14-13-7-6-10(18-13)8-12(9-15)19(16,17)11-4-2-1-3-5-11/h1-8H/b12-8+. The van der Waals surface area contributed by atoms with Gasteiger partial charge in [0.2, 0.25) is 9.84 Å². The molecule has 0 radical (unpaired) electrons. The molecule has 6 heteroatoms. The number of halogens is 1. The zero-order valence-electron chi connectivity index (χ0n) is 9.58. The van der Waals surface area contributed by atoms with Gasteiger partial charge in [0, 0.05) is 4.88 Å². The molecule has 1 heterocycles. The van der Waals surface area contributed by atoms with Gasteiger partial charge in [-0.2, -0.15) is 5.26 Å². The largest absolute Gasteiger partial charge is 0.218 e. The van der Waals surface area contributed by atoms with Gasteiger partial charge >= 0.3 is 0 Å². The number of sulfone groups is 1. The second-order valence-corrected chi connectivity index (χ2v) is 7.99. The summed E-state index contributed by atoms with van der Waals surface area (Å²) in [4.78, 5) is 0.578. The Morgan fingerprint density at radius 2 is 1.89 bits per heavy atom. The second-order valence-electron chi connectivity index (χ2n) is 3.58. The highest BCUT2D eigenvalue weighted by molar-refractivity contribution is 9.11. The van der Waals surface area contributed by atoms with E-state index >= 15 is 0 Å². The van der Waals surface area contributed by atoms with Crippen molar-refractivity contribution in [2.75, 3.05) is 0 Å². The lowest BCUT2D eigenvalue weighted by Crippen LogP contribution is -2.02. The van der Waals surface area contributed by atoms with Crippen LogP contribution in [-0.4, -0.2) is 8.42 Å². The van der Waals surface area contributed by atoms with Crippen LogP contribution in [0.15, 0.2) is 56.1 Å². The lowest BCUT2D eigenvalue weighted by atomic mass is 10.4. The molecular formula is C13H8BrNO2S2. The predicted octanol–water partition coefficient (Wildman–Crippen LogP) is 3.85. The maximum atomic E-state index is 12.3. The zero-order valence-corrected chi connectivity index (χ0v) is 12.8. The fourth-order valence-electron chi connectivity index (χ4n) is 1.43. The summed E-state index contributed by atoms with van der Waals surface area (Å²) in [6, 6.07) is 13.3. The second kappa shape index (κ2) is 5.70. The molecule has 0 unspecified atom stereocenters. The van der Waals surface area contributed by atoms with Crippen molar-refractivity contribution in [2.45, 2.75) is 4.90 Å². The molecule has 0 bridgehead atoms. The summed E-state index contributed by atoms with van der Waals surface area (Å²) in [6.07, 6.45) is 1.39. The number of nitrogens with zero attached hydrogens (tertiary/aromatic N) is 1. The van der Waals surface area contributed by atoms with Crippen molar-refractivity contribution < 1.29 is 8.42 Å². The van der Waals surface area contributed by atoms with E-state index in [2.05, 4.69) is 15.9 Å². The Bertz CT molecular complexity index is 755. The number of allylic oxidation sites excluding steroid dienone is 1. The summed E-state index contributed by atoms with van der Waals surface area (Å²) >= 11 is 4.66. The summed E-state index contributed by atoms with van der Waals surface area (Å²) < 4.78 is 25.4. The van der Waals surface area contributed by atoms with Gasteiger partial charge in [-0.25, -0.2) is 8.42 Å². The molecule has 0 saturated heterocycles. The maximum absolute atomic E-state index is 12.3. The molecule has 0 atom stereocenters. The first kappa shape index (κ1) is 14.0. The summed E-state index contributed by atoms with van der Waals surface area (Å²) in [6.45, 7) is 0. The summed E-state index contributed by atoms with van der Waals surface area (Å²) in [7, 11) is -3.75. The Kier molecular flexibility index (Phi) is 4.20. The van der Waals surface area contributed by atoms with Crippen molar-refractivity contribution in [1.82, 2.24) is 0 Å². The Labute approximate surface area is 123 Å². The van der Waals surface area contributed by atoms with Crippen molar-refractivity contribution in [3.63, 3.8) is 0 Å². The van der Waals surface area contributed by atoms with Crippen molar-refractivity contribution in [3.05, 3.63) is 56.0 Å². The average molecular weight is 354 g/mol. The Hall–Kier alpha value is -1.42. The highest BCUT2D eigenvalue weighted by Crippen LogP contribution is 2.27. The van der Waals surface area contributed by atoms with Crippen LogP contribution >= 0.6 is 27.3 Å². The van der Waals surface area contributed by atoms with Gasteiger partial charge in [-0.3, -0.25) is 0 Å². The molecule has 0 aliphatic rings. The molecule has 2 aromatic rings. The number of hydrogen-bond donors (Lipinski definition) is 0. The number of rotatable bonds is 3. The molecule has 0 saturated carbocycles. The molecule has 0 aliphatic heterocycles. The van der Waals surface area contributed by atoms with Crippen LogP contribution in [-0.2, 0) is 9.84 Å². The van der Waals surface area contributed by atoms with Gasteiger partial charge < -0.3 is 0 Å². The maximum Gasteiger partial charge on any atom is 0.216 e. The molecule has 0 amide bonds. The summed E-state index contributed by atoms with van der Waals surface area (Å²) in [5.41, 5.74) is 0. The monoisotopic (exact) mass is 353 g/mol. The first-order valence-corrected chi connectivity index (χ1v) is 8.30. The number of nitriles is 1. The van der Waals surface area contributed by atoms with Crippen LogP contribution in [0, 0.1) is 11.3 Å². The van der Waals surface area contributed by atoms with E-state index in [1.165, 1.54) is 29.5 Å². The van der Waals surface area contributed by atoms with Gasteiger partial charge in [0.15, 0.2) is 4.91 Å². The molecule has 0 fully saturated rings. The van der Waals surface area contributed by atoms with Gasteiger partial charge in [0.25, 0.3) is 0 Å². The molecule has 3 nitrogen and oxygen atoms in total. The van der Waals surface area contributed by atoms with Crippen LogP contribution in [0.5, 0.6) is 0 Å². The van der Waals surface area contributed by atoms with Crippen LogP contribution in [0.3, 0.4) is 0 Å². The topological polar surface area (TPSA) is 57.9 Å². The lowest BCUT2D eigenvalue weighted by Gasteiger charge is -2.01. The van der Waals surface area contributed by atoms with E-state index in [-0.39, 0.29) is 9.80 Å². The minimum Gasteiger partial charge on any atom is -0.218 e. The van der Waals surface area contributed by atoms with E-state index in [1.807, 2.05) is 0 Å². The molecule has 2 rings (SSSR count). The van der Waals surface area contributed by atoms with Crippen molar-refractivity contribution in [1.29, 1.82) is 5.26 Å². The fourth-order valence-corrected chi connectivity index (χ4v) is 4.04. The van der Waals surface area contributed by atoms with Crippen LogP contribution < -0.4 is 0 Å². The van der Waals surface area contributed by atoms with Gasteiger partial charge in [-0.15, -0.1) is 11.3 Å². The average Bonchev–Trinajstić information content (AvgIpc) is 2.82. The van der Waals surface area contributed by atoms with E-state index in [0.717, 1.165) is 3.79 Å². The van der Waals surface area contributed by atoms with Crippen LogP contribution in [0.4, 0.5) is 0 Å². The Balaban J connectivity index is 2.49. The number of hydrogen-bond acceptors (Lipinski definition) is 4. The molecule has 0 spiro atoms. The first-order valence-electron chi connectivity index (χ1n) is 5.21. The van der Waals surface area contributed by atoms with E-state index < -0.39 is 9.84 Å². The molecule has 1 aromatic carbocycles. The van der Waals surface area contributed by atoms with E-state index in [1.54, 1.807) is 36.4 Å². The molecule has 1 aromatic heterocycles. The third-order valence-corrected chi connectivity index (χ3v) is 5.57. The zero-order chi connectivity index (χ0) is 13.9. The van der Waals surface area contributed by atoms with Gasteiger partial charge in [0.1, 0.15) is 6.07 Å². The first-order chi connectivity index (χ1) is 9.04. The van der Waals surface area contributed by atoms with Gasteiger partial charge in [0.05, 0.1) is 8.68 Å². The normalized spacial score (nSPS) is 12.1. The lowest BCUT2D eigenvalue weighted by molar-refractivity contribution is 0.603. The quantitative estimate of drug-likeness (QED) is 0.787. The third kappa shape index (κ3) is 3.13. The van der Waals surface area contributed by atoms with Crippen LogP contribution in [0.25, 0.3) is 6.08 Å². The van der Waals surface area contributed by atoms with Crippen molar-refractivity contribution in [2.24, 2.45) is 0 Å². The smallest absolute Gasteiger partial charge is 0.216 e. The van der Waals surface area contributed by atoms with Crippen molar-refractivity contribution in [3.8, 4) is 6.07 Å². The third-order valence-electron chi connectivity index (χ3n) is 2.32. The molecule has 19 heavy (non-hydrogen) atoms. The van der Waals surface area contributed by atoms with E-state index in [4.69, 9.17) is 5.26 Å². The van der Waals surface area contributed by atoms with Crippen molar-refractivity contribution >= 4 is 43.2 Å². The van der Waals surface area contributed by atoms with Crippen LogP contribution in [0.1, 0.15) is 4.88 Å². The SMILES string of the molecule is N#C/C(=C\c1ccc(Br)s1)S(=O)(=O)c1ccccc1. The Morgan fingerprint density at radius 1 is 1.21 bits per heavy atom. The van der Waals surface area contributed by atoms with Gasteiger partial charge in [-0.1, -0.05) is 18.2 Å². The Morgan fingerprint density at radius 3 is 2.42 bits per heavy atom. The van der Waals surface area contributed by atoms with E-state index in [9.17, 15) is 8.42 Å². The van der Waals surface area contributed by atoms with E-state index in [0.29, 0.717) is 4.88 Å². The highest BCUT2D eigenvalue weighted by Gasteiger charge is 2.20. The molecule has 0 N–H and O–H groups in total. The number of thiophene rings is 1.